The SMILES string of the molecule is CC1=C(C(=O)Nc2ccccc2C)C(c2ccc(OCCc3ccccc3)cc2)n2nnnc2N1. The standard InChI is InChI=1S/C27H26N6O2/c1-18-8-6-7-11-23(18)29-26(34)24-19(2)28-27-30-31-32-33(27)25(24)21-12-14-22(15-13-21)35-17-16-20-9-4-3-5-10-20/h3-15,25H,16-17H2,1-2H3,(H,29,34)(H,28,30,32). The molecule has 0 radical (unpaired) electrons. The van der Waals surface area contributed by atoms with Crippen LogP contribution in [0.15, 0.2) is 90.1 Å². The van der Waals surface area contributed by atoms with Crippen molar-refractivity contribution < 1.29 is 9.53 Å². The van der Waals surface area contributed by atoms with Crippen molar-refractivity contribution in [3.8, 4) is 5.75 Å². The average molecular weight is 467 g/mol. The number of amides is 1. The van der Waals surface area contributed by atoms with E-state index in [0.717, 1.165) is 29.0 Å². The maximum Gasteiger partial charge on any atom is 0.255 e. The third-order valence-electron chi connectivity index (χ3n) is 6.05. The Bertz CT molecular complexity index is 1360. The van der Waals surface area contributed by atoms with Crippen LogP contribution in [0.2, 0.25) is 0 Å². The molecule has 0 aliphatic carbocycles. The van der Waals surface area contributed by atoms with Crippen molar-refractivity contribution in [2.24, 2.45) is 0 Å². The fourth-order valence-electron chi connectivity index (χ4n) is 4.20. The summed E-state index contributed by atoms with van der Waals surface area (Å²) in [6.07, 6.45) is 0.829. The number of para-hydroxylation sites is 1. The number of aryl methyl sites for hydroxylation is 1. The molecule has 35 heavy (non-hydrogen) atoms. The van der Waals surface area contributed by atoms with E-state index < -0.39 is 6.04 Å². The Morgan fingerprint density at radius 1 is 1.00 bits per heavy atom. The zero-order valence-corrected chi connectivity index (χ0v) is 19.6. The highest BCUT2D eigenvalue weighted by molar-refractivity contribution is 6.06. The molecule has 0 bridgehead atoms. The number of aromatic nitrogens is 4. The minimum atomic E-state index is -0.483. The van der Waals surface area contributed by atoms with Gasteiger partial charge in [0.1, 0.15) is 11.8 Å². The maximum atomic E-state index is 13.5. The average Bonchev–Trinajstić information content (AvgIpc) is 3.34. The van der Waals surface area contributed by atoms with Gasteiger partial charge in [0.15, 0.2) is 0 Å². The van der Waals surface area contributed by atoms with Gasteiger partial charge >= 0.3 is 0 Å². The topological polar surface area (TPSA) is 94.0 Å². The van der Waals surface area contributed by atoms with Crippen molar-refractivity contribution in [2.45, 2.75) is 26.3 Å². The quantitative estimate of drug-likeness (QED) is 0.416. The van der Waals surface area contributed by atoms with Gasteiger partial charge in [0.25, 0.3) is 5.91 Å². The first-order valence-corrected chi connectivity index (χ1v) is 11.5. The van der Waals surface area contributed by atoms with E-state index in [4.69, 9.17) is 4.74 Å². The highest BCUT2D eigenvalue weighted by Gasteiger charge is 2.34. The Morgan fingerprint density at radius 3 is 2.51 bits per heavy atom. The highest BCUT2D eigenvalue weighted by atomic mass is 16.5. The molecule has 1 unspecified atom stereocenters. The Hall–Kier alpha value is -4.46. The van der Waals surface area contributed by atoms with E-state index in [0.29, 0.717) is 23.8 Å². The number of rotatable bonds is 7. The second-order valence-electron chi connectivity index (χ2n) is 8.44. The molecule has 0 spiro atoms. The number of hydrogen-bond donors (Lipinski definition) is 2. The molecule has 1 aromatic heterocycles. The minimum absolute atomic E-state index is 0.210. The van der Waals surface area contributed by atoms with Crippen LogP contribution >= 0.6 is 0 Å². The van der Waals surface area contributed by atoms with Gasteiger partial charge in [-0.05, 0) is 59.2 Å². The molecule has 0 fully saturated rings. The first-order valence-electron chi connectivity index (χ1n) is 11.5. The maximum absolute atomic E-state index is 13.5. The van der Waals surface area contributed by atoms with Crippen molar-refractivity contribution >= 4 is 17.5 Å². The van der Waals surface area contributed by atoms with Crippen LogP contribution in [0, 0.1) is 6.92 Å². The molecule has 176 valence electrons. The molecule has 3 aromatic carbocycles. The zero-order chi connectivity index (χ0) is 24.2. The summed E-state index contributed by atoms with van der Waals surface area (Å²) in [6, 6.07) is 25.2. The number of nitrogens with zero attached hydrogens (tertiary/aromatic N) is 4. The number of hydrogen-bond acceptors (Lipinski definition) is 6. The Labute approximate surface area is 203 Å². The second-order valence-corrected chi connectivity index (χ2v) is 8.44. The van der Waals surface area contributed by atoms with Gasteiger partial charge in [-0.1, -0.05) is 65.8 Å². The molecule has 8 heteroatoms. The smallest absolute Gasteiger partial charge is 0.255 e. The molecule has 0 saturated carbocycles. The lowest BCUT2D eigenvalue weighted by molar-refractivity contribution is -0.113. The van der Waals surface area contributed by atoms with Crippen LogP contribution in [0.4, 0.5) is 11.6 Å². The van der Waals surface area contributed by atoms with Crippen LogP contribution in [0.5, 0.6) is 5.75 Å². The third-order valence-corrected chi connectivity index (χ3v) is 6.05. The van der Waals surface area contributed by atoms with Crippen LogP contribution in [0.1, 0.15) is 29.7 Å². The molecule has 1 aliphatic rings. The Kier molecular flexibility index (Phi) is 6.26. The first kappa shape index (κ1) is 22.3. The van der Waals surface area contributed by atoms with Gasteiger partial charge in [-0.15, -0.1) is 0 Å². The number of benzene rings is 3. The molecule has 2 heterocycles. The Balaban J connectivity index is 1.38. The van der Waals surface area contributed by atoms with E-state index in [1.165, 1.54) is 5.56 Å². The predicted octanol–water partition coefficient (Wildman–Crippen LogP) is 4.53. The van der Waals surface area contributed by atoms with Gasteiger partial charge < -0.3 is 15.4 Å². The Morgan fingerprint density at radius 2 is 1.74 bits per heavy atom. The van der Waals surface area contributed by atoms with Gasteiger partial charge in [0, 0.05) is 17.8 Å². The van der Waals surface area contributed by atoms with E-state index in [1.54, 1.807) is 4.68 Å². The number of carbonyl (C=O) groups is 1. The number of ether oxygens (including phenoxy) is 1. The highest BCUT2D eigenvalue weighted by Crippen LogP contribution is 2.35. The monoisotopic (exact) mass is 466 g/mol. The summed E-state index contributed by atoms with van der Waals surface area (Å²) in [5.41, 5.74) is 5.11. The molecule has 8 nitrogen and oxygen atoms in total. The summed E-state index contributed by atoms with van der Waals surface area (Å²) in [7, 11) is 0. The van der Waals surface area contributed by atoms with Gasteiger partial charge in [-0.3, -0.25) is 4.79 Å². The molecule has 4 aromatic rings. The van der Waals surface area contributed by atoms with E-state index in [9.17, 15) is 4.79 Å². The van der Waals surface area contributed by atoms with Crippen molar-refractivity contribution in [1.29, 1.82) is 0 Å². The predicted molar refractivity (Wildman–Crippen MR) is 134 cm³/mol. The van der Waals surface area contributed by atoms with Gasteiger partial charge in [-0.2, -0.15) is 4.68 Å². The van der Waals surface area contributed by atoms with Crippen LogP contribution in [0.25, 0.3) is 0 Å². The van der Waals surface area contributed by atoms with E-state index in [-0.39, 0.29) is 5.91 Å². The number of tetrazole rings is 1. The van der Waals surface area contributed by atoms with E-state index in [2.05, 4.69) is 38.3 Å². The second kappa shape index (κ2) is 9.80. The molecule has 1 atom stereocenters. The summed E-state index contributed by atoms with van der Waals surface area (Å²) in [5, 5.41) is 18.2. The molecular formula is C27H26N6O2. The van der Waals surface area contributed by atoms with Crippen LogP contribution in [-0.4, -0.2) is 32.7 Å². The molecule has 1 amide bonds. The largest absolute Gasteiger partial charge is 0.493 e. The lowest BCUT2D eigenvalue weighted by Gasteiger charge is -2.28. The lowest BCUT2D eigenvalue weighted by atomic mass is 9.95. The molecule has 5 rings (SSSR count). The van der Waals surface area contributed by atoms with Crippen LogP contribution in [0.3, 0.4) is 0 Å². The van der Waals surface area contributed by atoms with Crippen molar-refractivity contribution in [3.05, 3.63) is 107 Å². The number of anilines is 2. The zero-order valence-electron chi connectivity index (χ0n) is 19.6. The minimum Gasteiger partial charge on any atom is -0.493 e. The lowest BCUT2D eigenvalue weighted by Crippen LogP contribution is -2.31. The summed E-state index contributed by atoms with van der Waals surface area (Å²) >= 11 is 0. The first-order chi connectivity index (χ1) is 17.1. The molecule has 0 saturated heterocycles. The normalized spacial score (nSPS) is 14.7. The van der Waals surface area contributed by atoms with Crippen molar-refractivity contribution in [2.75, 3.05) is 17.2 Å². The fraction of sp³-hybridized carbons (Fsp3) is 0.185. The van der Waals surface area contributed by atoms with Gasteiger partial charge in [-0.25, -0.2) is 0 Å². The molecule has 2 N–H and O–H groups in total. The van der Waals surface area contributed by atoms with E-state index >= 15 is 0 Å². The van der Waals surface area contributed by atoms with Gasteiger partial charge in [0.2, 0.25) is 5.95 Å². The summed E-state index contributed by atoms with van der Waals surface area (Å²) in [6.45, 7) is 4.40. The van der Waals surface area contributed by atoms with Crippen molar-refractivity contribution in [1.82, 2.24) is 20.2 Å². The van der Waals surface area contributed by atoms with Crippen molar-refractivity contribution in [3.63, 3.8) is 0 Å². The fourth-order valence-corrected chi connectivity index (χ4v) is 4.20. The summed E-state index contributed by atoms with van der Waals surface area (Å²) in [4.78, 5) is 13.5. The number of carbonyl (C=O) groups excluding carboxylic acids is 1. The molecule has 1 aliphatic heterocycles. The van der Waals surface area contributed by atoms with E-state index in [1.807, 2.05) is 80.6 Å². The molecular weight excluding hydrogens is 440 g/mol. The summed E-state index contributed by atoms with van der Waals surface area (Å²) < 4.78 is 7.57. The number of fused-ring (bicyclic) bond motifs is 1. The van der Waals surface area contributed by atoms with Crippen LogP contribution < -0.4 is 15.4 Å². The summed E-state index contributed by atoms with van der Waals surface area (Å²) in [5.74, 6) is 1.05. The number of allylic oxidation sites excluding steroid dienone is 1. The number of nitrogens with one attached hydrogen (secondary N) is 2. The van der Waals surface area contributed by atoms with Gasteiger partial charge in [0.05, 0.1) is 12.2 Å². The van der Waals surface area contributed by atoms with Crippen LogP contribution in [-0.2, 0) is 11.2 Å². The third kappa shape index (κ3) is 4.77.